The first kappa shape index (κ1) is 20.8. The Hall–Kier alpha value is -4.46. The molecule has 2 amide bonds. The maximum Gasteiger partial charge on any atom is 0.262 e. The van der Waals surface area contributed by atoms with Crippen molar-refractivity contribution in [1.29, 1.82) is 0 Å². The first-order chi connectivity index (χ1) is 15.6. The van der Waals surface area contributed by atoms with Gasteiger partial charge in [0.2, 0.25) is 0 Å². The van der Waals surface area contributed by atoms with Crippen molar-refractivity contribution in [3.8, 4) is 11.4 Å². The van der Waals surface area contributed by atoms with E-state index in [1.807, 2.05) is 37.3 Å². The molecule has 0 atom stereocenters. The van der Waals surface area contributed by atoms with Crippen molar-refractivity contribution in [3.05, 3.63) is 96.6 Å². The number of aromatic nitrogens is 3. The first-order valence-electron chi connectivity index (χ1n) is 9.93. The zero-order chi connectivity index (χ0) is 22.3. The molecule has 0 aliphatic rings. The van der Waals surface area contributed by atoms with Gasteiger partial charge >= 0.3 is 0 Å². The molecule has 3 aromatic carbocycles. The molecule has 0 bridgehead atoms. The average Bonchev–Trinajstić information content (AvgIpc) is 3.33. The summed E-state index contributed by atoms with van der Waals surface area (Å²) in [4.78, 5) is 25.1. The first-order valence-corrected chi connectivity index (χ1v) is 9.93. The Labute approximate surface area is 184 Å². The zero-order valence-electron chi connectivity index (χ0n) is 17.4. The summed E-state index contributed by atoms with van der Waals surface area (Å²) in [6.45, 7) is 1.77. The number of rotatable bonds is 7. The van der Waals surface area contributed by atoms with Gasteiger partial charge in [-0.1, -0.05) is 35.9 Å². The fourth-order valence-electron chi connectivity index (χ4n) is 3.11. The molecule has 0 aliphatic carbocycles. The number of amides is 2. The van der Waals surface area contributed by atoms with Crippen LogP contribution in [0.5, 0.6) is 5.75 Å². The van der Waals surface area contributed by atoms with E-state index in [-0.39, 0.29) is 18.4 Å². The lowest BCUT2D eigenvalue weighted by atomic mass is 10.1. The predicted molar refractivity (Wildman–Crippen MR) is 121 cm³/mol. The second kappa shape index (κ2) is 9.57. The number of nitrogens with zero attached hydrogens (tertiary/aromatic N) is 3. The van der Waals surface area contributed by atoms with Crippen molar-refractivity contribution in [2.45, 2.75) is 6.92 Å². The second-order valence-corrected chi connectivity index (χ2v) is 7.07. The highest BCUT2D eigenvalue weighted by atomic mass is 16.5. The van der Waals surface area contributed by atoms with E-state index in [0.29, 0.717) is 28.4 Å². The van der Waals surface area contributed by atoms with Crippen LogP contribution in [0.1, 0.15) is 15.9 Å². The maximum absolute atomic E-state index is 13.0. The van der Waals surface area contributed by atoms with Gasteiger partial charge < -0.3 is 15.4 Å². The van der Waals surface area contributed by atoms with Crippen LogP contribution in [0.25, 0.3) is 5.69 Å². The largest absolute Gasteiger partial charge is 0.484 e. The van der Waals surface area contributed by atoms with E-state index in [2.05, 4.69) is 20.8 Å². The van der Waals surface area contributed by atoms with Gasteiger partial charge in [-0.2, -0.15) is 0 Å². The third kappa shape index (κ3) is 5.17. The molecule has 8 heteroatoms. The summed E-state index contributed by atoms with van der Waals surface area (Å²) in [5.41, 5.74) is 3.35. The van der Waals surface area contributed by atoms with Crippen LogP contribution in [-0.4, -0.2) is 33.2 Å². The fraction of sp³-hybridized carbons (Fsp3) is 0.0833. The minimum Gasteiger partial charge on any atom is -0.484 e. The molecule has 0 saturated carbocycles. The van der Waals surface area contributed by atoms with Crippen molar-refractivity contribution in [2.24, 2.45) is 0 Å². The van der Waals surface area contributed by atoms with Crippen LogP contribution in [0, 0.1) is 6.92 Å². The number of aryl methyl sites for hydroxylation is 1. The fourth-order valence-corrected chi connectivity index (χ4v) is 3.11. The number of nitrogens with one attached hydrogen (secondary N) is 2. The Morgan fingerprint density at radius 1 is 0.875 bits per heavy atom. The summed E-state index contributed by atoms with van der Waals surface area (Å²) in [6, 6.07) is 21.6. The summed E-state index contributed by atoms with van der Waals surface area (Å²) in [5.74, 6) is -0.0883. The smallest absolute Gasteiger partial charge is 0.262 e. The third-order valence-corrected chi connectivity index (χ3v) is 4.61. The summed E-state index contributed by atoms with van der Waals surface area (Å²) < 4.78 is 7.27. The van der Waals surface area contributed by atoms with Crippen LogP contribution < -0.4 is 15.4 Å². The molecule has 32 heavy (non-hydrogen) atoms. The molecule has 1 aromatic heterocycles. The number of hydrogen-bond donors (Lipinski definition) is 2. The van der Waals surface area contributed by atoms with E-state index in [1.165, 1.54) is 12.7 Å². The van der Waals surface area contributed by atoms with Crippen molar-refractivity contribution < 1.29 is 14.3 Å². The Morgan fingerprint density at radius 3 is 2.41 bits per heavy atom. The van der Waals surface area contributed by atoms with E-state index in [9.17, 15) is 9.59 Å². The van der Waals surface area contributed by atoms with Gasteiger partial charge in [0.05, 0.1) is 11.3 Å². The van der Waals surface area contributed by atoms with Crippen LogP contribution in [-0.2, 0) is 4.79 Å². The Balaban J connectivity index is 1.43. The molecular weight excluding hydrogens is 406 g/mol. The number of benzene rings is 3. The topological polar surface area (TPSA) is 98.1 Å². The van der Waals surface area contributed by atoms with Crippen LogP contribution in [0.4, 0.5) is 11.4 Å². The highest BCUT2D eigenvalue weighted by molar-refractivity contribution is 6.07. The quantitative estimate of drug-likeness (QED) is 0.467. The SMILES string of the molecule is Cc1ccc(-n2cnnc2)c(C(=O)Nc2cccc(OCC(=O)Nc3ccccc3)c2)c1. The summed E-state index contributed by atoms with van der Waals surface area (Å²) in [6.07, 6.45) is 3.08. The number of para-hydroxylation sites is 1. The predicted octanol–water partition coefficient (Wildman–Crippen LogP) is 3.85. The molecule has 0 unspecified atom stereocenters. The van der Waals surface area contributed by atoms with Crippen molar-refractivity contribution in [2.75, 3.05) is 17.2 Å². The maximum atomic E-state index is 13.0. The van der Waals surface area contributed by atoms with E-state index < -0.39 is 0 Å². The number of anilines is 2. The van der Waals surface area contributed by atoms with Gasteiger partial charge in [0.15, 0.2) is 6.61 Å². The van der Waals surface area contributed by atoms with Crippen molar-refractivity contribution in [1.82, 2.24) is 14.8 Å². The molecule has 2 N–H and O–H groups in total. The summed E-state index contributed by atoms with van der Waals surface area (Å²) in [5, 5.41) is 13.3. The lowest BCUT2D eigenvalue weighted by Crippen LogP contribution is -2.20. The third-order valence-electron chi connectivity index (χ3n) is 4.61. The van der Waals surface area contributed by atoms with Crippen molar-refractivity contribution >= 4 is 23.2 Å². The van der Waals surface area contributed by atoms with E-state index in [4.69, 9.17) is 4.74 Å². The molecule has 0 aliphatic heterocycles. The minimum absolute atomic E-state index is 0.151. The molecule has 0 spiro atoms. The molecule has 8 nitrogen and oxygen atoms in total. The molecule has 0 saturated heterocycles. The van der Waals surface area contributed by atoms with Crippen molar-refractivity contribution in [3.63, 3.8) is 0 Å². The molecule has 0 fully saturated rings. The number of carbonyl (C=O) groups excluding carboxylic acids is 2. The molecule has 1 heterocycles. The lowest BCUT2D eigenvalue weighted by molar-refractivity contribution is -0.118. The van der Waals surface area contributed by atoms with Gasteiger partial charge in [0.1, 0.15) is 18.4 Å². The minimum atomic E-state index is -0.281. The molecule has 4 rings (SSSR count). The van der Waals surface area contributed by atoms with E-state index in [0.717, 1.165) is 5.56 Å². The van der Waals surface area contributed by atoms with Gasteiger partial charge in [-0.25, -0.2) is 0 Å². The van der Waals surface area contributed by atoms with Crippen LogP contribution in [0.2, 0.25) is 0 Å². The molecule has 0 radical (unpaired) electrons. The summed E-state index contributed by atoms with van der Waals surface area (Å²) >= 11 is 0. The monoisotopic (exact) mass is 427 g/mol. The van der Waals surface area contributed by atoms with Gasteiger partial charge in [0.25, 0.3) is 11.8 Å². The number of hydrogen-bond acceptors (Lipinski definition) is 5. The van der Waals surface area contributed by atoms with Gasteiger partial charge in [-0.3, -0.25) is 14.2 Å². The Kier molecular flexibility index (Phi) is 6.22. The van der Waals surface area contributed by atoms with Gasteiger partial charge in [-0.05, 0) is 43.3 Å². The zero-order valence-corrected chi connectivity index (χ0v) is 17.4. The van der Waals surface area contributed by atoms with Gasteiger partial charge in [-0.15, -0.1) is 10.2 Å². The number of carbonyl (C=O) groups is 2. The molecular formula is C24H21N5O3. The van der Waals surface area contributed by atoms with Gasteiger partial charge in [0, 0.05) is 17.4 Å². The average molecular weight is 427 g/mol. The van der Waals surface area contributed by atoms with Crippen LogP contribution >= 0.6 is 0 Å². The lowest BCUT2D eigenvalue weighted by Gasteiger charge is -2.12. The van der Waals surface area contributed by atoms with Crippen LogP contribution in [0.3, 0.4) is 0 Å². The van der Waals surface area contributed by atoms with E-state index >= 15 is 0 Å². The Bertz CT molecular complexity index is 1220. The van der Waals surface area contributed by atoms with E-state index in [1.54, 1.807) is 47.0 Å². The Morgan fingerprint density at radius 2 is 1.62 bits per heavy atom. The second-order valence-electron chi connectivity index (χ2n) is 7.07. The standard InChI is InChI=1S/C24H21N5O3/c1-17-10-11-22(29-15-25-26-16-29)21(12-17)24(31)28-19-8-5-9-20(13-19)32-14-23(30)27-18-6-3-2-4-7-18/h2-13,15-16H,14H2,1H3,(H,27,30)(H,28,31). The number of ether oxygens (including phenoxy) is 1. The normalized spacial score (nSPS) is 10.4. The molecule has 4 aromatic rings. The molecule has 160 valence electrons. The van der Waals surface area contributed by atoms with Crippen LogP contribution in [0.15, 0.2) is 85.5 Å². The summed E-state index contributed by atoms with van der Waals surface area (Å²) in [7, 11) is 0. The highest BCUT2D eigenvalue weighted by Gasteiger charge is 2.14. The highest BCUT2D eigenvalue weighted by Crippen LogP contribution is 2.21.